The molecule has 3 rings (SSSR count). The van der Waals surface area contributed by atoms with Gasteiger partial charge in [-0.2, -0.15) is 5.10 Å². The Hall–Kier alpha value is -2.34. The standard InChI is InChI=1S/C19H26N4O2/c1-4-23-14(3)17(13(2)22-23)21-18(24)20-12-19(25)11-7-9-15-8-5-6-10-16(15)19/h5-6,8,10,25H,4,7,9,11-12H2,1-3H3,(H2,20,21,24). The number of rotatable bonds is 4. The highest BCUT2D eigenvalue weighted by Gasteiger charge is 2.34. The van der Waals surface area contributed by atoms with Crippen molar-refractivity contribution in [2.75, 3.05) is 11.9 Å². The molecule has 1 heterocycles. The molecular weight excluding hydrogens is 316 g/mol. The molecule has 0 fully saturated rings. The van der Waals surface area contributed by atoms with Crippen LogP contribution in [-0.4, -0.2) is 27.5 Å². The van der Waals surface area contributed by atoms with Crippen LogP contribution in [0.5, 0.6) is 0 Å². The molecule has 6 nitrogen and oxygen atoms in total. The quantitative estimate of drug-likeness (QED) is 0.799. The van der Waals surface area contributed by atoms with Gasteiger partial charge in [0.2, 0.25) is 0 Å². The second-order valence-electron chi connectivity index (χ2n) is 6.71. The van der Waals surface area contributed by atoms with Gasteiger partial charge in [0, 0.05) is 6.54 Å². The first-order valence-electron chi connectivity index (χ1n) is 8.84. The Kier molecular flexibility index (Phi) is 4.81. The number of benzene rings is 1. The molecular formula is C19H26N4O2. The number of carbonyl (C=O) groups excluding carboxylic acids is 1. The smallest absolute Gasteiger partial charge is 0.319 e. The molecule has 0 aliphatic heterocycles. The van der Waals surface area contributed by atoms with Crippen molar-refractivity contribution in [3.8, 4) is 0 Å². The second kappa shape index (κ2) is 6.88. The number of fused-ring (bicyclic) bond motifs is 1. The summed E-state index contributed by atoms with van der Waals surface area (Å²) in [4.78, 5) is 12.3. The van der Waals surface area contributed by atoms with E-state index in [9.17, 15) is 9.90 Å². The Morgan fingerprint density at radius 1 is 1.36 bits per heavy atom. The highest BCUT2D eigenvalue weighted by molar-refractivity contribution is 5.90. The van der Waals surface area contributed by atoms with Crippen molar-refractivity contribution < 1.29 is 9.90 Å². The van der Waals surface area contributed by atoms with Gasteiger partial charge in [0.05, 0.1) is 23.6 Å². The van der Waals surface area contributed by atoms with E-state index in [-0.39, 0.29) is 12.6 Å². The van der Waals surface area contributed by atoms with Crippen LogP contribution < -0.4 is 10.6 Å². The van der Waals surface area contributed by atoms with Crippen molar-refractivity contribution in [2.45, 2.75) is 52.2 Å². The summed E-state index contributed by atoms with van der Waals surface area (Å²) in [7, 11) is 0. The third kappa shape index (κ3) is 3.39. The van der Waals surface area contributed by atoms with E-state index < -0.39 is 5.60 Å². The predicted molar refractivity (Wildman–Crippen MR) is 97.7 cm³/mol. The Labute approximate surface area is 148 Å². The van der Waals surface area contributed by atoms with E-state index in [1.54, 1.807) is 0 Å². The summed E-state index contributed by atoms with van der Waals surface area (Å²) in [5, 5.41) is 21.1. The van der Waals surface area contributed by atoms with Gasteiger partial charge in [-0.15, -0.1) is 0 Å². The first kappa shape index (κ1) is 17.5. The third-order valence-corrected chi connectivity index (χ3v) is 5.02. The fourth-order valence-corrected chi connectivity index (χ4v) is 3.65. The van der Waals surface area contributed by atoms with Crippen LogP contribution in [0, 0.1) is 13.8 Å². The Bertz CT molecular complexity index is 784. The minimum atomic E-state index is -1.01. The Morgan fingerprint density at radius 3 is 2.84 bits per heavy atom. The van der Waals surface area contributed by atoms with Crippen LogP contribution in [0.15, 0.2) is 24.3 Å². The lowest BCUT2D eigenvalue weighted by atomic mass is 9.79. The normalized spacial score (nSPS) is 19.4. The van der Waals surface area contributed by atoms with Gasteiger partial charge in [-0.05, 0) is 51.2 Å². The number of nitrogens with zero attached hydrogens (tertiary/aromatic N) is 2. The summed E-state index contributed by atoms with van der Waals surface area (Å²) in [6.07, 6.45) is 2.54. The zero-order valence-electron chi connectivity index (χ0n) is 15.1. The van der Waals surface area contributed by atoms with E-state index in [4.69, 9.17) is 0 Å². The maximum absolute atomic E-state index is 12.3. The van der Waals surface area contributed by atoms with Crippen molar-refractivity contribution in [3.63, 3.8) is 0 Å². The molecule has 1 aromatic carbocycles. The van der Waals surface area contributed by atoms with Crippen molar-refractivity contribution in [3.05, 3.63) is 46.8 Å². The van der Waals surface area contributed by atoms with Crippen LogP contribution in [0.3, 0.4) is 0 Å². The number of carbonyl (C=O) groups is 1. The van der Waals surface area contributed by atoms with Crippen LogP contribution in [0.25, 0.3) is 0 Å². The Morgan fingerprint density at radius 2 is 2.12 bits per heavy atom. The highest BCUT2D eigenvalue weighted by atomic mass is 16.3. The van der Waals surface area contributed by atoms with E-state index in [1.807, 2.05) is 49.7 Å². The molecule has 0 radical (unpaired) electrons. The van der Waals surface area contributed by atoms with E-state index in [0.29, 0.717) is 6.42 Å². The van der Waals surface area contributed by atoms with Gasteiger partial charge >= 0.3 is 6.03 Å². The number of nitrogens with one attached hydrogen (secondary N) is 2. The topological polar surface area (TPSA) is 79.2 Å². The average Bonchev–Trinajstić information content (AvgIpc) is 2.88. The summed E-state index contributed by atoms with van der Waals surface area (Å²) < 4.78 is 1.86. The molecule has 1 aliphatic rings. The number of hydrogen-bond donors (Lipinski definition) is 3. The highest BCUT2D eigenvalue weighted by Crippen LogP contribution is 2.34. The van der Waals surface area contributed by atoms with Crippen molar-refractivity contribution in [1.29, 1.82) is 0 Å². The second-order valence-corrected chi connectivity index (χ2v) is 6.71. The van der Waals surface area contributed by atoms with E-state index in [2.05, 4.69) is 15.7 Å². The molecule has 0 spiro atoms. The summed E-state index contributed by atoms with van der Waals surface area (Å²) >= 11 is 0. The van der Waals surface area contributed by atoms with Gasteiger partial charge in [-0.25, -0.2) is 4.79 Å². The lowest BCUT2D eigenvalue weighted by Crippen LogP contribution is -2.44. The zero-order chi connectivity index (χ0) is 18.0. The molecule has 25 heavy (non-hydrogen) atoms. The Balaban J connectivity index is 1.68. The SMILES string of the molecule is CCn1nc(C)c(NC(=O)NCC2(O)CCCc3ccccc32)c1C. The van der Waals surface area contributed by atoms with Crippen molar-refractivity contribution in [1.82, 2.24) is 15.1 Å². The van der Waals surface area contributed by atoms with Crippen LogP contribution in [0.4, 0.5) is 10.5 Å². The fourth-order valence-electron chi connectivity index (χ4n) is 3.65. The molecule has 1 unspecified atom stereocenters. The first-order chi connectivity index (χ1) is 11.9. The molecule has 134 valence electrons. The van der Waals surface area contributed by atoms with Gasteiger partial charge in [-0.1, -0.05) is 24.3 Å². The monoisotopic (exact) mass is 342 g/mol. The van der Waals surface area contributed by atoms with Crippen LogP contribution in [0.2, 0.25) is 0 Å². The van der Waals surface area contributed by atoms with Gasteiger partial charge in [0.25, 0.3) is 0 Å². The minimum Gasteiger partial charge on any atom is -0.383 e. The number of aromatic nitrogens is 2. The first-order valence-corrected chi connectivity index (χ1v) is 8.84. The molecule has 2 amide bonds. The molecule has 6 heteroatoms. The molecule has 1 aromatic heterocycles. The van der Waals surface area contributed by atoms with E-state index >= 15 is 0 Å². The lowest BCUT2D eigenvalue weighted by Gasteiger charge is -2.34. The number of amides is 2. The maximum atomic E-state index is 12.3. The third-order valence-electron chi connectivity index (χ3n) is 5.02. The van der Waals surface area contributed by atoms with Crippen molar-refractivity contribution >= 4 is 11.7 Å². The summed E-state index contributed by atoms with van der Waals surface area (Å²) in [5.41, 5.74) is 3.52. The van der Waals surface area contributed by atoms with Crippen LogP contribution in [0.1, 0.15) is 42.3 Å². The fraction of sp³-hybridized carbons (Fsp3) is 0.474. The van der Waals surface area contributed by atoms with Gasteiger partial charge in [0.1, 0.15) is 5.60 Å². The molecule has 2 aromatic rings. The van der Waals surface area contributed by atoms with E-state index in [0.717, 1.165) is 47.6 Å². The number of urea groups is 1. The lowest BCUT2D eigenvalue weighted by molar-refractivity contribution is 0.0221. The predicted octanol–water partition coefficient (Wildman–Crippen LogP) is 2.87. The largest absolute Gasteiger partial charge is 0.383 e. The summed E-state index contributed by atoms with van der Waals surface area (Å²) in [6.45, 7) is 6.77. The number of aliphatic hydroxyl groups is 1. The van der Waals surface area contributed by atoms with Crippen LogP contribution >= 0.6 is 0 Å². The van der Waals surface area contributed by atoms with Crippen molar-refractivity contribution in [2.24, 2.45) is 0 Å². The molecule has 1 atom stereocenters. The molecule has 1 aliphatic carbocycles. The van der Waals surface area contributed by atoms with Gasteiger partial charge < -0.3 is 15.7 Å². The summed E-state index contributed by atoms with van der Waals surface area (Å²) in [5.74, 6) is 0. The average molecular weight is 342 g/mol. The maximum Gasteiger partial charge on any atom is 0.319 e. The number of aryl methyl sites for hydroxylation is 3. The summed E-state index contributed by atoms with van der Waals surface area (Å²) in [6, 6.07) is 7.60. The number of anilines is 1. The van der Waals surface area contributed by atoms with Crippen LogP contribution in [-0.2, 0) is 18.6 Å². The number of hydrogen-bond acceptors (Lipinski definition) is 3. The molecule has 0 saturated carbocycles. The van der Waals surface area contributed by atoms with Gasteiger partial charge in [0.15, 0.2) is 0 Å². The van der Waals surface area contributed by atoms with E-state index in [1.165, 1.54) is 0 Å². The van der Waals surface area contributed by atoms with Gasteiger partial charge in [-0.3, -0.25) is 4.68 Å². The molecule has 3 N–H and O–H groups in total. The molecule has 0 bridgehead atoms. The molecule has 0 saturated heterocycles. The minimum absolute atomic E-state index is 0.190. The zero-order valence-corrected chi connectivity index (χ0v) is 15.1.